The zero-order valence-electron chi connectivity index (χ0n) is 15.2. The van der Waals surface area contributed by atoms with Crippen LogP contribution in [0.25, 0.3) is 0 Å². The maximum Gasteiger partial charge on any atom is 0.314 e. The highest BCUT2D eigenvalue weighted by Crippen LogP contribution is 2.28. The highest BCUT2D eigenvalue weighted by Gasteiger charge is 2.34. The summed E-state index contributed by atoms with van der Waals surface area (Å²) >= 11 is 9.38. The molecular formula is C17H22BrClN4O4S. The minimum atomic E-state index is -3.72. The molecule has 3 rings (SSSR count). The van der Waals surface area contributed by atoms with E-state index >= 15 is 0 Å². The van der Waals surface area contributed by atoms with Gasteiger partial charge < -0.3 is 15.5 Å². The lowest BCUT2D eigenvalue weighted by atomic mass is 9.95. The Labute approximate surface area is 177 Å². The first-order chi connectivity index (χ1) is 13.2. The van der Waals surface area contributed by atoms with Crippen LogP contribution in [0.3, 0.4) is 0 Å². The molecule has 0 radical (unpaired) electrons. The fraction of sp³-hybridized carbons (Fsp3) is 0.529. The summed E-state index contributed by atoms with van der Waals surface area (Å²) in [6.45, 7) is 2.07. The van der Waals surface area contributed by atoms with E-state index in [1.165, 1.54) is 15.3 Å². The summed E-state index contributed by atoms with van der Waals surface area (Å²) in [5.74, 6) is -0.137. The van der Waals surface area contributed by atoms with Gasteiger partial charge in [-0.15, -0.1) is 0 Å². The van der Waals surface area contributed by atoms with E-state index in [9.17, 15) is 18.0 Å². The Morgan fingerprint density at radius 3 is 2.18 bits per heavy atom. The number of halogens is 2. The number of benzene rings is 1. The Balaban J connectivity index is 1.60. The van der Waals surface area contributed by atoms with Crippen LogP contribution in [-0.2, 0) is 14.8 Å². The summed E-state index contributed by atoms with van der Waals surface area (Å²) in [5, 5.41) is 0.161. The zero-order chi connectivity index (χ0) is 20.5. The molecule has 0 bridgehead atoms. The standard InChI is InChI=1S/C17H22BrClN4O4S/c18-13-1-2-15(14(19)11-13)28(26,27)23-9-7-21(8-10-23)16(24)12-3-5-22(6-4-12)17(20)25/h1-2,11-12H,3-10H2,(H2,20,25). The molecule has 0 atom stereocenters. The van der Waals surface area contributed by atoms with Crippen LogP contribution in [0.2, 0.25) is 5.02 Å². The number of nitrogens with zero attached hydrogens (tertiary/aromatic N) is 3. The van der Waals surface area contributed by atoms with E-state index in [0.29, 0.717) is 43.5 Å². The Morgan fingerprint density at radius 2 is 1.64 bits per heavy atom. The normalized spacial score (nSPS) is 19.6. The van der Waals surface area contributed by atoms with Crippen LogP contribution >= 0.6 is 27.5 Å². The second-order valence-electron chi connectivity index (χ2n) is 6.90. The van der Waals surface area contributed by atoms with Crippen LogP contribution in [0.1, 0.15) is 12.8 Å². The molecule has 2 aliphatic rings. The van der Waals surface area contributed by atoms with Crippen LogP contribution in [0.15, 0.2) is 27.6 Å². The molecule has 11 heteroatoms. The third-order valence-corrected chi connectivity index (χ3v) is 8.09. The number of likely N-dealkylation sites (tertiary alicyclic amines) is 1. The SMILES string of the molecule is NC(=O)N1CCC(C(=O)N2CCN(S(=O)(=O)c3ccc(Br)cc3Cl)CC2)CC1. The smallest absolute Gasteiger partial charge is 0.314 e. The Morgan fingerprint density at radius 1 is 1.04 bits per heavy atom. The predicted molar refractivity (Wildman–Crippen MR) is 108 cm³/mol. The first-order valence-corrected chi connectivity index (χ1v) is 11.6. The number of nitrogens with two attached hydrogens (primary N) is 1. The largest absolute Gasteiger partial charge is 0.351 e. The van der Waals surface area contributed by atoms with Gasteiger partial charge in [0.25, 0.3) is 0 Å². The third-order valence-electron chi connectivity index (χ3n) is 5.22. The number of hydrogen-bond acceptors (Lipinski definition) is 4. The van der Waals surface area contributed by atoms with Crippen LogP contribution in [0.5, 0.6) is 0 Å². The maximum absolute atomic E-state index is 12.9. The third kappa shape index (κ3) is 4.45. The zero-order valence-corrected chi connectivity index (χ0v) is 18.3. The molecule has 0 saturated carbocycles. The van der Waals surface area contributed by atoms with Crippen molar-refractivity contribution in [3.05, 3.63) is 27.7 Å². The molecule has 0 aromatic heterocycles. The number of urea groups is 1. The summed E-state index contributed by atoms with van der Waals surface area (Å²) in [7, 11) is -3.72. The molecule has 0 unspecified atom stereocenters. The number of rotatable bonds is 3. The van der Waals surface area contributed by atoms with Gasteiger partial charge in [0.15, 0.2) is 0 Å². The van der Waals surface area contributed by atoms with Gasteiger partial charge in [-0.2, -0.15) is 4.31 Å². The molecule has 0 aliphatic carbocycles. The Hall–Kier alpha value is -1.36. The average molecular weight is 494 g/mol. The minimum Gasteiger partial charge on any atom is -0.351 e. The first-order valence-electron chi connectivity index (χ1n) is 8.98. The van der Waals surface area contributed by atoms with Gasteiger partial charge in [0.1, 0.15) is 4.90 Å². The van der Waals surface area contributed by atoms with Crippen molar-refractivity contribution >= 4 is 49.5 Å². The fourth-order valence-corrected chi connectivity index (χ4v) is 6.01. The van der Waals surface area contributed by atoms with Crippen molar-refractivity contribution < 1.29 is 18.0 Å². The van der Waals surface area contributed by atoms with Crippen molar-refractivity contribution in [2.75, 3.05) is 39.3 Å². The van der Waals surface area contributed by atoms with Gasteiger partial charge in [0.2, 0.25) is 15.9 Å². The number of carbonyl (C=O) groups excluding carboxylic acids is 2. The lowest BCUT2D eigenvalue weighted by Crippen LogP contribution is -2.53. The highest BCUT2D eigenvalue weighted by molar-refractivity contribution is 9.10. The number of sulfonamides is 1. The van der Waals surface area contributed by atoms with E-state index in [2.05, 4.69) is 15.9 Å². The Kier molecular flexibility index (Phi) is 6.53. The molecule has 8 nitrogen and oxygen atoms in total. The number of hydrogen-bond donors (Lipinski definition) is 1. The quantitative estimate of drug-likeness (QED) is 0.692. The lowest BCUT2D eigenvalue weighted by Gasteiger charge is -2.37. The highest BCUT2D eigenvalue weighted by atomic mass is 79.9. The van der Waals surface area contributed by atoms with Gasteiger partial charge in [0.05, 0.1) is 5.02 Å². The molecule has 2 aliphatic heterocycles. The molecule has 154 valence electrons. The average Bonchev–Trinajstić information content (AvgIpc) is 2.67. The van der Waals surface area contributed by atoms with E-state index in [1.807, 2.05) is 0 Å². The molecule has 2 saturated heterocycles. The predicted octanol–water partition coefficient (Wildman–Crippen LogP) is 1.73. The van der Waals surface area contributed by atoms with Crippen molar-refractivity contribution in [1.29, 1.82) is 0 Å². The van der Waals surface area contributed by atoms with Crippen molar-refractivity contribution in [3.63, 3.8) is 0 Å². The summed E-state index contributed by atoms with van der Waals surface area (Å²) < 4.78 is 27.8. The number of piperidine rings is 1. The summed E-state index contributed by atoms with van der Waals surface area (Å²) in [5.41, 5.74) is 5.27. The van der Waals surface area contributed by atoms with Gasteiger partial charge in [-0.3, -0.25) is 4.79 Å². The molecule has 1 aromatic rings. The monoisotopic (exact) mass is 492 g/mol. The van der Waals surface area contributed by atoms with Crippen LogP contribution in [0, 0.1) is 5.92 Å². The molecule has 2 fully saturated rings. The number of carbonyl (C=O) groups is 2. The van der Waals surface area contributed by atoms with Crippen LogP contribution in [0.4, 0.5) is 4.79 Å². The van der Waals surface area contributed by atoms with E-state index in [0.717, 1.165) is 0 Å². The molecule has 2 N–H and O–H groups in total. The number of primary amides is 1. The van der Waals surface area contributed by atoms with Crippen LogP contribution in [-0.4, -0.2) is 73.7 Å². The van der Waals surface area contributed by atoms with E-state index < -0.39 is 16.1 Å². The molecular weight excluding hydrogens is 472 g/mol. The van der Waals surface area contributed by atoms with Gasteiger partial charge in [-0.1, -0.05) is 27.5 Å². The fourth-order valence-electron chi connectivity index (χ4n) is 3.58. The lowest BCUT2D eigenvalue weighted by molar-refractivity contribution is -0.138. The first kappa shape index (κ1) is 21.4. The molecule has 0 spiro atoms. The van der Waals surface area contributed by atoms with Crippen molar-refractivity contribution in [3.8, 4) is 0 Å². The van der Waals surface area contributed by atoms with E-state index in [1.54, 1.807) is 17.0 Å². The second-order valence-corrected chi connectivity index (χ2v) is 10.1. The second kappa shape index (κ2) is 8.56. The summed E-state index contributed by atoms with van der Waals surface area (Å²) in [6, 6.07) is 4.20. The van der Waals surface area contributed by atoms with Gasteiger partial charge in [-0.05, 0) is 31.0 Å². The van der Waals surface area contributed by atoms with Crippen molar-refractivity contribution in [2.24, 2.45) is 11.7 Å². The summed E-state index contributed by atoms with van der Waals surface area (Å²) in [4.78, 5) is 27.3. The number of piperazine rings is 1. The van der Waals surface area contributed by atoms with E-state index in [4.69, 9.17) is 17.3 Å². The molecule has 3 amide bonds. The minimum absolute atomic E-state index is 0.0165. The van der Waals surface area contributed by atoms with Crippen molar-refractivity contribution in [2.45, 2.75) is 17.7 Å². The maximum atomic E-state index is 12.9. The Bertz CT molecular complexity index is 866. The topological polar surface area (TPSA) is 104 Å². The number of amides is 3. The molecule has 2 heterocycles. The van der Waals surface area contributed by atoms with Crippen molar-refractivity contribution in [1.82, 2.24) is 14.1 Å². The van der Waals surface area contributed by atoms with Gasteiger partial charge in [-0.25, -0.2) is 13.2 Å². The summed E-state index contributed by atoms with van der Waals surface area (Å²) in [6.07, 6.45) is 1.16. The van der Waals surface area contributed by atoms with Crippen LogP contribution < -0.4 is 5.73 Å². The van der Waals surface area contributed by atoms with Gasteiger partial charge in [0, 0.05) is 49.7 Å². The van der Waals surface area contributed by atoms with E-state index in [-0.39, 0.29) is 34.8 Å². The van der Waals surface area contributed by atoms with Gasteiger partial charge >= 0.3 is 6.03 Å². The molecule has 28 heavy (non-hydrogen) atoms. The molecule has 1 aromatic carbocycles.